The Labute approximate surface area is 133 Å². The molecule has 2 heteroatoms. The number of aliphatic hydroxyl groups excluding tert-OH is 1. The first-order valence-corrected chi connectivity index (χ1v) is 8.43. The van der Waals surface area contributed by atoms with E-state index in [1.54, 1.807) is 4.90 Å². The number of piperidine rings is 1. The number of hydrogen-bond acceptors (Lipinski definition) is 1. The lowest BCUT2D eigenvalue weighted by atomic mass is 9.87. The van der Waals surface area contributed by atoms with Crippen LogP contribution in [0, 0.1) is 5.92 Å². The largest absolute Gasteiger partial charge is 0.388 e. The zero-order valence-electron chi connectivity index (χ0n) is 13.1. The van der Waals surface area contributed by atoms with E-state index in [1.807, 2.05) is 30.3 Å². The van der Waals surface area contributed by atoms with E-state index in [2.05, 4.69) is 30.3 Å². The Morgan fingerprint density at radius 2 is 1.50 bits per heavy atom. The molecule has 1 atom stereocenters. The third kappa shape index (κ3) is 3.96. The Morgan fingerprint density at radius 3 is 2.14 bits per heavy atom. The van der Waals surface area contributed by atoms with Gasteiger partial charge < -0.3 is 10.0 Å². The number of benzene rings is 2. The molecule has 2 aromatic rings. The summed E-state index contributed by atoms with van der Waals surface area (Å²) in [5.74, 6) is 0.419. The van der Waals surface area contributed by atoms with Crippen molar-refractivity contribution < 1.29 is 10.0 Å². The van der Waals surface area contributed by atoms with Gasteiger partial charge in [-0.15, -0.1) is 0 Å². The van der Waals surface area contributed by atoms with Crippen molar-refractivity contribution in [3.05, 3.63) is 71.8 Å². The van der Waals surface area contributed by atoms with Crippen molar-refractivity contribution in [2.75, 3.05) is 19.6 Å². The highest BCUT2D eigenvalue weighted by Gasteiger charge is 2.28. The third-order valence-electron chi connectivity index (χ3n) is 4.94. The highest BCUT2D eigenvalue weighted by molar-refractivity contribution is 5.18. The molecular formula is C20H26NO+. The number of hydrogen-bond donors (Lipinski definition) is 2. The van der Waals surface area contributed by atoms with E-state index in [9.17, 15) is 5.11 Å². The molecule has 0 spiro atoms. The zero-order chi connectivity index (χ0) is 15.2. The molecule has 1 fully saturated rings. The van der Waals surface area contributed by atoms with E-state index in [0.29, 0.717) is 5.92 Å². The SMILES string of the molecule is O[C@@H](c1ccccc1)C1CC[NH+](CCc2ccccc2)CC1. The molecule has 0 bridgehead atoms. The van der Waals surface area contributed by atoms with Gasteiger partial charge in [-0.25, -0.2) is 0 Å². The van der Waals surface area contributed by atoms with E-state index in [-0.39, 0.29) is 6.10 Å². The number of likely N-dealkylation sites (tertiary alicyclic amines) is 1. The highest BCUT2D eigenvalue weighted by atomic mass is 16.3. The van der Waals surface area contributed by atoms with Crippen molar-refractivity contribution in [2.45, 2.75) is 25.4 Å². The van der Waals surface area contributed by atoms with Crippen molar-refractivity contribution in [3.63, 3.8) is 0 Å². The van der Waals surface area contributed by atoms with Crippen LogP contribution in [0.25, 0.3) is 0 Å². The fourth-order valence-electron chi connectivity index (χ4n) is 3.50. The topological polar surface area (TPSA) is 24.7 Å². The molecule has 1 saturated heterocycles. The van der Waals surface area contributed by atoms with Crippen LogP contribution in [-0.4, -0.2) is 24.7 Å². The molecule has 2 aromatic carbocycles. The summed E-state index contributed by atoms with van der Waals surface area (Å²) in [6, 6.07) is 20.9. The number of nitrogens with one attached hydrogen (secondary N) is 1. The van der Waals surface area contributed by atoms with E-state index >= 15 is 0 Å². The van der Waals surface area contributed by atoms with Crippen molar-refractivity contribution in [1.29, 1.82) is 0 Å². The second kappa shape index (κ2) is 7.57. The quantitative estimate of drug-likeness (QED) is 0.869. The highest BCUT2D eigenvalue weighted by Crippen LogP contribution is 2.27. The number of rotatable bonds is 5. The smallest absolute Gasteiger partial charge is 0.0822 e. The predicted molar refractivity (Wildman–Crippen MR) is 89.8 cm³/mol. The molecule has 2 nitrogen and oxygen atoms in total. The van der Waals surface area contributed by atoms with Crippen LogP contribution in [0.1, 0.15) is 30.1 Å². The molecule has 0 aromatic heterocycles. The summed E-state index contributed by atoms with van der Waals surface area (Å²) in [4.78, 5) is 1.68. The second-order valence-electron chi connectivity index (χ2n) is 6.43. The van der Waals surface area contributed by atoms with Gasteiger partial charge in [0.2, 0.25) is 0 Å². The summed E-state index contributed by atoms with van der Waals surface area (Å²) in [6.45, 7) is 3.57. The van der Waals surface area contributed by atoms with Crippen molar-refractivity contribution in [2.24, 2.45) is 5.92 Å². The number of quaternary nitrogens is 1. The number of aliphatic hydroxyl groups is 1. The Bertz CT molecular complexity index is 546. The Balaban J connectivity index is 1.46. The van der Waals surface area contributed by atoms with Crippen LogP contribution in [0.15, 0.2) is 60.7 Å². The fourth-order valence-corrected chi connectivity index (χ4v) is 3.50. The van der Waals surface area contributed by atoms with Crippen LogP contribution in [0.5, 0.6) is 0 Å². The average Bonchev–Trinajstić information content (AvgIpc) is 2.61. The fraction of sp³-hybridized carbons (Fsp3) is 0.400. The van der Waals surface area contributed by atoms with Crippen LogP contribution in [0.4, 0.5) is 0 Å². The molecule has 1 heterocycles. The summed E-state index contributed by atoms with van der Waals surface area (Å²) in [7, 11) is 0. The lowest BCUT2D eigenvalue weighted by molar-refractivity contribution is -0.906. The van der Waals surface area contributed by atoms with Gasteiger partial charge in [-0.1, -0.05) is 60.7 Å². The molecule has 0 amide bonds. The van der Waals surface area contributed by atoms with Crippen LogP contribution in [-0.2, 0) is 6.42 Å². The zero-order valence-corrected chi connectivity index (χ0v) is 13.1. The van der Waals surface area contributed by atoms with Crippen LogP contribution in [0.2, 0.25) is 0 Å². The molecule has 0 saturated carbocycles. The second-order valence-corrected chi connectivity index (χ2v) is 6.43. The van der Waals surface area contributed by atoms with Gasteiger partial charge in [0.05, 0.1) is 25.7 Å². The molecule has 0 radical (unpaired) electrons. The maximum absolute atomic E-state index is 10.5. The van der Waals surface area contributed by atoms with Gasteiger partial charge in [0.15, 0.2) is 0 Å². The minimum Gasteiger partial charge on any atom is -0.388 e. The maximum Gasteiger partial charge on any atom is 0.0822 e. The molecular weight excluding hydrogens is 270 g/mol. The first-order chi connectivity index (χ1) is 10.8. The minimum absolute atomic E-state index is 0.295. The first-order valence-electron chi connectivity index (χ1n) is 8.43. The van der Waals surface area contributed by atoms with Crippen molar-refractivity contribution in [3.8, 4) is 0 Å². The Hall–Kier alpha value is -1.64. The lowest BCUT2D eigenvalue weighted by Crippen LogP contribution is -3.13. The summed E-state index contributed by atoms with van der Waals surface area (Å²) in [5.41, 5.74) is 2.50. The standard InChI is InChI=1S/C20H25NO/c22-20(18-9-5-2-6-10-18)19-12-15-21(16-13-19)14-11-17-7-3-1-4-8-17/h1-10,19-20,22H,11-16H2/p+1/t20-/m0/s1. The first kappa shape index (κ1) is 15.3. The summed E-state index contributed by atoms with van der Waals surface area (Å²) in [5, 5.41) is 10.5. The summed E-state index contributed by atoms with van der Waals surface area (Å²) < 4.78 is 0. The van der Waals surface area contributed by atoms with Crippen LogP contribution >= 0.6 is 0 Å². The monoisotopic (exact) mass is 296 g/mol. The van der Waals surface area contributed by atoms with E-state index in [4.69, 9.17) is 0 Å². The molecule has 1 aliphatic heterocycles. The molecule has 22 heavy (non-hydrogen) atoms. The molecule has 0 aliphatic carbocycles. The van der Waals surface area contributed by atoms with Crippen LogP contribution < -0.4 is 4.90 Å². The van der Waals surface area contributed by atoms with Gasteiger partial charge in [-0.3, -0.25) is 0 Å². The maximum atomic E-state index is 10.5. The van der Waals surface area contributed by atoms with E-state index < -0.39 is 0 Å². The van der Waals surface area contributed by atoms with Crippen molar-refractivity contribution >= 4 is 0 Å². The Kier molecular flexibility index (Phi) is 5.25. The van der Waals surface area contributed by atoms with Gasteiger partial charge in [-0.05, 0) is 17.0 Å². The van der Waals surface area contributed by atoms with Gasteiger partial charge in [0, 0.05) is 19.3 Å². The third-order valence-corrected chi connectivity index (χ3v) is 4.94. The van der Waals surface area contributed by atoms with Gasteiger partial charge in [0.25, 0.3) is 0 Å². The van der Waals surface area contributed by atoms with E-state index in [1.165, 1.54) is 25.2 Å². The van der Waals surface area contributed by atoms with E-state index in [0.717, 1.165) is 24.8 Å². The Morgan fingerprint density at radius 1 is 0.909 bits per heavy atom. The minimum atomic E-state index is -0.295. The normalized spacial score (nSPS) is 23.1. The van der Waals surface area contributed by atoms with Gasteiger partial charge >= 0.3 is 0 Å². The molecule has 3 rings (SSSR count). The average molecular weight is 296 g/mol. The molecule has 1 aliphatic rings. The predicted octanol–water partition coefficient (Wildman–Crippen LogP) is 2.26. The van der Waals surface area contributed by atoms with Crippen LogP contribution in [0.3, 0.4) is 0 Å². The van der Waals surface area contributed by atoms with Gasteiger partial charge in [0.1, 0.15) is 0 Å². The summed E-state index contributed by atoms with van der Waals surface area (Å²) in [6.07, 6.45) is 3.11. The van der Waals surface area contributed by atoms with Gasteiger partial charge in [-0.2, -0.15) is 0 Å². The lowest BCUT2D eigenvalue weighted by Gasteiger charge is -2.32. The molecule has 0 unspecified atom stereocenters. The van der Waals surface area contributed by atoms with Crippen molar-refractivity contribution in [1.82, 2.24) is 0 Å². The summed E-state index contributed by atoms with van der Waals surface area (Å²) >= 11 is 0. The molecule has 2 N–H and O–H groups in total. The molecule has 116 valence electrons.